The number of allylic oxidation sites excluding steroid dienone is 1. The van der Waals surface area contributed by atoms with Crippen LogP contribution in [0.1, 0.15) is 5.56 Å². The molecule has 1 aromatic heterocycles. The molecule has 0 saturated heterocycles. The molecule has 1 heterocycles. The van der Waals surface area contributed by atoms with E-state index >= 15 is 0 Å². The fourth-order valence-electron chi connectivity index (χ4n) is 2.09. The molecule has 3 rings (SSSR count). The fraction of sp³-hybridized carbons (Fsp3) is 0.105. The van der Waals surface area contributed by atoms with Crippen molar-refractivity contribution in [1.82, 2.24) is 4.98 Å². The molecule has 5 nitrogen and oxygen atoms in total. The number of carbonyl (C=O) groups excluding carboxylic acids is 1. The SMILES string of the molecule is COC(=O)COc1ccc(C=C(C#N)Sc2nc3ccccc3s2)cc1. The maximum atomic E-state index is 11.1. The van der Waals surface area contributed by atoms with Gasteiger partial charge < -0.3 is 9.47 Å². The van der Waals surface area contributed by atoms with Crippen molar-refractivity contribution < 1.29 is 14.3 Å². The molecule has 0 spiro atoms. The van der Waals surface area contributed by atoms with Crippen molar-refractivity contribution in [2.75, 3.05) is 13.7 Å². The Morgan fingerprint density at radius 2 is 2.04 bits per heavy atom. The maximum Gasteiger partial charge on any atom is 0.343 e. The summed E-state index contributed by atoms with van der Waals surface area (Å²) < 4.78 is 11.8. The van der Waals surface area contributed by atoms with Gasteiger partial charge >= 0.3 is 5.97 Å². The van der Waals surface area contributed by atoms with Crippen molar-refractivity contribution in [3.63, 3.8) is 0 Å². The van der Waals surface area contributed by atoms with Crippen LogP contribution in [0, 0.1) is 11.3 Å². The van der Waals surface area contributed by atoms with Crippen LogP contribution in [0.25, 0.3) is 16.3 Å². The number of esters is 1. The topological polar surface area (TPSA) is 72.2 Å². The molecule has 0 unspecified atom stereocenters. The summed E-state index contributed by atoms with van der Waals surface area (Å²) in [6, 6.07) is 17.2. The Balaban J connectivity index is 1.70. The molecule has 0 aliphatic heterocycles. The monoisotopic (exact) mass is 382 g/mol. The van der Waals surface area contributed by atoms with Crippen molar-refractivity contribution in [3.8, 4) is 11.8 Å². The molecule has 0 fully saturated rings. The molecule has 2 aromatic carbocycles. The van der Waals surface area contributed by atoms with Crippen LogP contribution in [0.3, 0.4) is 0 Å². The summed E-state index contributed by atoms with van der Waals surface area (Å²) in [4.78, 5) is 16.2. The fourth-order valence-corrected chi connectivity index (χ4v) is 4.06. The molecule has 7 heteroatoms. The predicted octanol–water partition coefficient (Wildman–Crippen LogP) is 4.50. The first-order chi connectivity index (χ1) is 12.7. The van der Waals surface area contributed by atoms with Gasteiger partial charge in [0.1, 0.15) is 11.8 Å². The molecular weight excluding hydrogens is 368 g/mol. The van der Waals surface area contributed by atoms with E-state index < -0.39 is 5.97 Å². The first-order valence-corrected chi connectivity index (χ1v) is 9.26. The van der Waals surface area contributed by atoms with Crippen molar-refractivity contribution in [2.45, 2.75) is 4.34 Å². The maximum absolute atomic E-state index is 11.1. The molecule has 0 atom stereocenters. The standard InChI is InChI=1S/C19H14N2O3S2/c1-23-18(22)12-24-14-8-6-13(7-9-14)10-15(11-20)25-19-21-16-4-2-3-5-17(16)26-19/h2-10H,12H2,1H3. The van der Waals surface area contributed by atoms with Gasteiger partial charge in [-0.15, -0.1) is 11.3 Å². The van der Waals surface area contributed by atoms with E-state index in [4.69, 9.17) is 4.74 Å². The van der Waals surface area contributed by atoms with Gasteiger partial charge in [0.2, 0.25) is 0 Å². The summed E-state index contributed by atoms with van der Waals surface area (Å²) >= 11 is 2.91. The van der Waals surface area contributed by atoms with Crippen LogP contribution in [0.2, 0.25) is 0 Å². The number of ether oxygens (including phenoxy) is 2. The highest BCUT2D eigenvalue weighted by molar-refractivity contribution is 8.05. The lowest BCUT2D eigenvalue weighted by Crippen LogP contribution is -2.12. The number of hydrogen-bond donors (Lipinski definition) is 0. The number of nitriles is 1. The van der Waals surface area contributed by atoms with Crippen LogP contribution in [0.15, 0.2) is 57.8 Å². The zero-order valence-corrected chi connectivity index (χ0v) is 15.5. The third-order valence-electron chi connectivity index (χ3n) is 3.34. The summed E-state index contributed by atoms with van der Waals surface area (Å²) in [5.41, 5.74) is 1.80. The van der Waals surface area contributed by atoms with Crippen LogP contribution in [0.4, 0.5) is 0 Å². The van der Waals surface area contributed by atoms with Gasteiger partial charge in [-0.1, -0.05) is 24.3 Å². The number of aromatic nitrogens is 1. The quantitative estimate of drug-likeness (QED) is 0.355. The number of thioether (sulfide) groups is 1. The van der Waals surface area contributed by atoms with Crippen LogP contribution in [0.5, 0.6) is 5.75 Å². The van der Waals surface area contributed by atoms with Crippen LogP contribution >= 0.6 is 23.1 Å². The molecule has 0 aliphatic carbocycles. The Hall–Kier alpha value is -2.82. The largest absolute Gasteiger partial charge is 0.482 e. The molecule has 26 heavy (non-hydrogen) atoms. The summed E-state index contributed by atoms with van der Waals surface area (Å²) in [6.45, 7) is -0.136. The van der Waals surface area contributed by atoms with Crippen molar-refractivity contribution >= 4 is 45.4 Å². The number of benzene rings is 2. The zero-order chi connectivity index (χ0) is 18.4. The van der Waals surface area contributed by atoms with Crippen LogP contribution < -0.4 is 4.74 Å². The van der Waals surface area contributed by atoms with E-state index in [0.717, 1.165) is 20.1 Å². The smallest absolute Gasteiger partial charge is 0.343 e. The number of carbonyl (C=O) groups is 1. The first-order valence-electron chi connectivity index (χ1n) is 7.63. The molecule has 0 aliphatic rings. The van der Waals surface area contributed by atoms with Crippen molar-refractivity contribution in [2.24, 2.45) is 0 Å². The van der Waals surface area contributed by atoms with E-state index in [1.165, 1.54) is 18.9 Å². The highest BCUT2D eigenvalue weighted by atomic mass is 32.2. The zero-order valence-electron chi connectivity index (χ0n) is 13.8. The van der Waals surface area contributed by atoms with E-state index in [0.29, 0.717) is 10.7 Å². The minimum absolute atomic E-state index is 0.136. The second-order valence-electron chi connectivity index (χ2n) is 5.10. The minimum Gasteiger partial charge on any atom is -0.482 e. The van der Waals surface area contributed by atoms with Gasteiger partial charge in [0.25, 0.3) is 0 Å². The minimum atomic E-state index is -0.437. The average molecular weight is 382 g/mol. The van der Waals surface area contributed by atoms with E-state index in [1.54, 1.807) is 29.5 Å². The van der Waals surface area contributed by atoms with E-state index in [9.17, 15) is 10.1 Å². The normalized spacial score (nSPS) is 11.2. The Morgan fingerprint density at radius 3 is 2.73 bits per heavy atom. The number of para-hydroxylation sites is 1. The lowest BCUT2D eigenvalue weighted by molar-refractivity contribution is -0.142. The predicted molar refractivity (Wildman–Crippen MR) is 103 cm³/mol. The van der Waals surface area contributed by atoms with Crippen molar-refractivity contribution in [3.05, 3.63) is 59.0 Å². The second kappa shape index (κ2) is 8.52. The lowest BCUT2D eigenvalue weighted by Gasteiger charge is -2.04. The third kappa shape index (κ3) is 4.63. The summed E-state index contributed by atoms with van der Waals surface area (Å²) in [7, 11) is 1.31. The molecule has 0 bridgehead atoms. The van der Waals surface area contributed by atoms with Crippen LogP contribution in [-0.4, -0.2) is 24.7 Å². The summed E-state index contributed by atoms with van der Waals surface area (Å²) in [5, 5.41) is 9.41. The van der Waals surface area contributed by atoms with Gasteiger partial charge in [0, 0.05) is 0 Å². The molecular formula is C19H14N2O3S2. The number of hydrogen-bond acceptors (Lipinski definition) is 7. The van der Waals surface area contributed by atoms with Gasteiger partial charge in [0.15, 0.2) is 10.9 Å². The Morgan fingerprint density at radius 1 is 1.27 bits per heavy atom. The van der Waals surface area contributed by atoms with Gasteiger partial charge in [-0.25, -0.2) is 9.78 Å². The highest BCUT2D eigenvalue weighted by Gasteiger charge is 2.07. The van der Waals surface area contributed by atoms with E-state index in [2.05, 4.69) is 15.8 Å². The summed E-state index contributed by atoms with van der Waals surface area (Å²) in [5.74, 6) is 0.123. The molecule has 0 N–H and O–H groups in total. The third-order valence-corrected chi connectivity index (χ3v) is 5.37. The van der Waals surface area contributed by atoms with Crippen LogP contribution in [-0.2, 0) is 9.53 Å². The van der Waals surface area contributed by atoms with Gasteiger partial charge in [-0.3, -0.25) is 0 Å². The lowest BCUT2D eigenvalue weighted by atomic mass is 10.2. The number of thiazole rings is 1. The Bertz CT molecular complexity index is 955. The number of nitrogens with zero attached hydrogens (tertiary/aromatic N) is 2. The van der Waals surface area contributed by atoms with Gasteiger partial charge in [0.05, 0.1) is 22.2 Å². The molecule has 0 saturated carbocycles. The number of fused-ring (bicyclic) bond motifs is 1. The number of methoxy groups -OCH3 is 1. The van der Waals surface area contributed by atoms with Crippen molar-refractivity contribution in [1.29, 1.82) is 5.26 Å². The molecule has 130 valence electrons. The van der Waals surface area contributed by atoms with Gasteiger partial charge in [-0.2, -0.15) is 5.26 Å². The molecule has 0 radical (unpaired) electrons. The van der Waals surface area contributed by atoms with E-state index in [1.807, 2.05) is 36.4 Å². The summed E-state index contributed by atoms with van der Waals surface area (Å²) in [6.07, 6.45) is 1.79. The Kier molecular flexibility index (Phi) is 5.89. The first kappa shape index (κ1) is 18.0. The second-order valence-corrected chi connectivity index (χ2v) is 7.42. The highest BCUT2D eigenvalue weighted by Crippen LogP contribution is 2.34. The van der Waals surface area contributed by atoms with Gasteiger partial charge in [-0.05, 0) is 47.7 Å². The Labute approximate surface area is 158 Å². The van der Waals surface area contributed by atoms with E-state index in [-0.39, 0.29) is 6.61 Å². The molecule has 3 aromatic rings. The molecule has 0 amide bonds. The number of rotatable bonds is 6. The average Bonchev–Trinajstić information content (AvgIpc) is 3.08.